The van der Waals surface area contributed by atoms with Crippen molar-refractivity contribution >= 4 is 5.97 Å². The lowest BCUT2D eigenvalue weighted by Crippen LogP contribution is -2.51. The van der Waals surface area contributed by atoms with Crippen LogP contribution in [0.2, 0.25) is 0 Å². The Morgan fingerprint density at radius 3 is 2.55 bits per heavy atom. The molecule has 0 radical (unpaired) electrons. The molecule has 0 aliphatic heterocycles. The van der Waals surface area contributed by atoms with Gasteiger partial charge in [0.2, 0.25) is 0 Å². The maximum absolute atomic E-state index is 10.9. The fourth-order valence-corrected chi connectivity index (χ4v) is 6.09. The van der Waals surface area contributed by atoms with E-state index in [9.17, 15) is 4.79 Å². The summed E-state index contributed by atoms with van der Waals surface area (Å²) in [6.45, 7) is 12.1. The zero-order chi connectivity index (χ0) is 16.5. The Hall–Kier alpha value is -0.530. The summed E-state index contributed by atoms with van der Waals surface area (Å²) in [5, 5.41) is 8.98. The predicted octanol–water partition coefficient (Wildman–Crippen LogP) is 5.76. The summed E-state index contributed by atoms with van der Waals surface area (Å²) in [6.07, 6.45) is 9.50. The van der Waals surface area contributed by atoms with Crippen molar-refractivity contribution in [1.29, 1.82) is 0 Å². The van der Waals surface area contributed by atoms with Gasteiger partial charge in [0.1, 0.15) is 0 Å². The van der Waals surface area contributed by atoms with E-state index in [1.165, 1.54) is 38.5 Å². The molecule has 0 aromatic carbocycles. The lowest BCUT2D eigenvalue weighted by Gasteiger charge is -2.59. The number of hydrogen-bond donors (Lipinski definition) is 1. The number of aliphatic carboxylic acids is 1. The van der Waals surface area contributed by atoms with Crippen molar-refractivity contribution in [3.05, 3.63) is 0 Å². The molecule has 2 unspecified atom stereocenters. The average molecular weight is 309 g/mol. The van der Waals surface area contributed by atoms with Crippen LogP contribution in [0.25, 0.3) is 0 Å². The fraction of sp³-hybridized carbons (Fsp3) is 0.950. The molecule has 128 valence electrons. The molecule has 0 spiro atoms. The maximum Gasteiger partial charge on any atom is 0.303 e. The minimum absolute atomic E-state index is 0.310. The topological polar surface area (TPSA) is 37.3 Å². The van der Waals surface area contributed by atoms with E-state index in [0.717, 1.165) is 24.2 Å². The van der Waals surface area contributed by atoms with Crippen LogP contribution in [-0.4, -0.2) is 11.1 Å². The van der Waals surface area contributed by atoms with Crippen molar-refractivity contribution in [1.82, 2.24) is 0 Å². The van der Waals surface area contributed by atoms with Gasteiger partial charge in [0, 0.05) is 6.42 Å². The van der Waals surface area contributed by atoms with Gasteiger partial charge in [-0.3, -0.25) is 4.79 Å². The minimum atomic E-state index is -0.646. The third kappa shape index (κ3) is 3.51. The largest absolute Gasteiger partial charge is 0.481 e. The zero-order valence-electron chi connectivity index (χ0n) is 15.3. The molecular weight excluding hydrogens is 272 g/mol. The highest BCUT2D eigenvalue weighted by Crippen LogP contribution is 2.62. The molecule has 2 saturated carbocycles. The van der Waals surface area contributed by atoms with Gasteiger partial charge in [0.15, 0.2) is 0 Å². The van der Waals surface area contributed by atoms with E-state index in [2.05, 4.69) is 34.6 Å². The zero-order valence-corrected chi connectivity index (χ0v) is 15.3. The summed E-state index contributed by atoms with van der Waals surface area (Å²) < 4.78 is 0. The molecule has 0 aromatic heterocycles. The average Bonchev–Trinajstić information content (AvgIpc) is 2.35. The molecule has 5 atom stereocenters. The highest BCUT2D eigenvalue weighted by Gasteiger charge is 2.53. The summed E-state index contributed by atoms with van der Waals surface area (Å²) >= 11 is 0. The van der Waals surface area contributed by atoms with Gasteiger partial charge in [0.05, 0.1) is 0 Å². The van der Waals surface area contributed by atoms with Gasteiger partial charge in [-0.05, 0) is 66.6 Å². The Labute approximate surface area is 137 Å². The summed E-state index contributed by atoms with van der Waals surface area (Å²) in [6, 6.07) is 0. The first-order valence-electron chi connectivity index (χ1n) is 9.38. The van der Waals surface area contributed by atoms with E-state index in [1.54, 1.807) is 0 Å². The summed E-state index contributed by atoms with van der Waals surface area (Å²) in [4.78, 5) is 10.9. The second-order valence-electron chi connectivity index (χ2n) is 9.34. The summed E-state index contributed by atoms with van der Waals surface area (Å²) in [5.74, 6) is 2.09. The highest BCUT2D eigenvalue weighted by atomic mass is 16.4. The van der Waals surface area contributed by atoms with Crippen LogP contribution >= 0.6 is 0 Å². The molecule has 0 amide bonds. The Morgan fingerprint density at radius 1 is 1.23 bits per heavy atom. The van der Waals surface area contributed by atoms with Crippen molar-refractivity contribution in [2.75, 3.05) is 0 Å². The number of carboxylic acids is 1. The van der Waals surface area contributed by atoms with Crippen LogP contribution in [0.1, 0.15) is 86.0 Å². The van der Waals surface area contributed by atoms with E-state index in [0.29, 0.717) is 23.2 Å². The third-order valence-electron chi connectivity index (χ3n) is 7.21. The number of rotatable bonds is 5. The monoisotopic (exact) mass is 308 g/mol. The van der Waals surface area contributed by atoms with Crippen molar-refractivity contribution in [3.8, 4) is 0 Å². The Kier molecular flexibility index (Phi) is 5.29. The van der Waals surface area contributed by atoms with E-state index >= 15 is 0 Å². The third-order valence-corrected chi connectivity index (χ3v) is 7.21. The molecule has 2 fully saturated rings. The number of carbonyl (C=O) groups is 1. The van der Waals surface area contributed by atoms with Crippen LogP contribution in [0.5, 0.6) is 0 Å². The van der Waals surface area contributed by atoms with Crippen LogP contribution < -0.4 is 0 Å². The lowest BCUT2D eigenvalue weighted by molar-refractivity contribution is -0.138. The van der Waals surface area contributed by atoms with Crippen molar-refractivity contribution in [3.63, 3.8) is 0 Å². The summed E-state index contributed by atoms with van der Waals surface area (Å²) in [7, 11) is 0. The van der Waals surface area contributed by atoms with Gasteiger partial charge in [-0.1, -0.05) is 47.5 Å². The Morgan fingerprint density at radius 2 is 1.91 bits per heavy atom. The van der Waals surface area contributed by atoms with E-state index in [-0.39, 0.29) is 0 Å². The summed E-state index contributed by atoms with van der Waals surface area (Å²) in [5.41, 5.74) is 0.959. The van der Waals surface area contributed by atoms with Crippen molar-refractivity contribution in [2.24, 2.45) is 34.5 Å². The van der Waals surface area contributed by atoms with Gasteiger partial charge in [-0.15, -0.1) is 0 Å². The quantitative estimate of drug-likeness (QED) is 0.701. The molecule has 0 saturated heterocycles. The van der Waals surface area contributed by atoms with Gasteiger partial charge < -0.3 is 5.11 Å². The minimum Gasteiger partial charge on any atom is -0.481 e. The van der Waals surface area contributed by atoms with E-state index < -0.39 is 5.97 Å². The fourth-order valence-electron chi connectivity index (χ4n) is 6.09. The predicted molar refractivity (Wildman–Crippen MR) is 91.8 cm³/mol. The van der Waals surface area contributed by atoms with Crippen LogP contribution in [0, 0.1) is 34.5 Å². The first-order valence-corrected chi connectivity index (χ1v) is 9.38. The molecule has 2 nitrogen and oxygen atoms in total. The SMILES string of the molecule is CC(CCC1[C@@H](C)CC[C@H]2C(C)(C)CCC[C@]12C)CC(=O)O. The van der Waals surface area contributed by atoms with Crippen LogP contribution in [0.4, 0.5) is 0 Å². The first-order chi connectivity index (χ1) is 10.2. The Balaban J connectivity index is 2.09. The molecule has 0 heterocycles. The second kappa shape index (κ2) is 6.53. The lowest BCUT2D eigenvalue weighted by atomic mass is 9.46. The molecule has 0 bridgehead atoms. The highest BCUT2D eigenvalue weighted by molar-refractivity contribution is 5.66. The smallest absolute Gasteiger partial charge is 0.303 e. The molecular formula is C20H36O2. The van der Waals surface area contributed by atoms with Crippen LogP contribution in [-0.2, 0) is 4.79 Å². The van der Waals surface area contributed by atoms with Crippen molar-refractivity contribution in [2.45, 2.75) is 86.0 Å². The van der Waals surface area contributed by atoms with E-state index in [4.69, 9.17) is 5.11 Å². The maximum atomic E-state index is 10.9. The molecule has 1 N–H and O–H groups in total. The molecule has 2 aliphatic carbocycles. The van der Waals surface area contributed by atoms with Crippen molar-refractivity contribution < 1.29 is 9.90 Å². The van der Waals surface area contributed by atoms with Crippen LogP contribution in [0.3, 0.4) is 0 Å². The Bertz CT molecular complexity index is 401. The van der Waals surface area contributed by atoms with Gasteiger partial charge >= 0.3 is 5.97 Å². The number of hydrogen-bond acceptors (Lipinski definition) is 1. The number of carboxylic acid groups (broad SMARTS) is 1. The molecule has 2 rings (SSSR count). The molecule has 22 heavy (non-hydrogen) atoms. The second-order valence-corrected chi connectivity index (χ2v) is 9.34. The van der Waals surface area contributed by atoms with Gasteiger partial charge in [0.25, 0.3) is 0 Å². The number of fused-ring (bicyclic) bond motifs is 1. The van der Waals surface area contributed by atoms with Crippen LogP contribution in [0.15, 0.2) is 0 Å². The van der Waals surface area contributed by atoms with E-state index in [1.807, 2.05) is 0 Å². The van der Waals surface area contributed by atoms with Gasteiger partial charge in [-0.25, -0.2) is 0 Å². The first kappa shape index (κ1) is 17.8. The normalized spacial score (nSPS) is 39.0. The van der Waals surface area contributed by atoms with Gasteiger partial charge in [-0.2, -0.15) is 0 Å². The molecule has 0 aromatic rings. The standard InChI is InChI=1S/C20H36O2/c1-14(13-18(21)22)7-9-16-15(2)8-10-17-19(3,4)11-6-12-20(16,17)5/h14-17H,6-13H2,1-5H3,(H,21,22)/t14?,15-,16?,17-,20+/m0/s1. The molecule has 2 heteroatoms. The molecule has 2 aliphatic rings.